The fourth-order valence-corrected chi connectivity index (χ4v) is 4.00. The number of nitrogens with zero attached hydrogens (tertiary/aromatic N) is 1. The Morgan fingerprint density at radius 3 is 2.89 bits per heavy atom. The normalized spacial score (nSPS) is 23.2. The van der Waals surface area contributed by atoms with Gasteiger partial charge in [0.25, 0.3) is 0 Å². The maximum atomic E-state index is 3.72. The molecule has 2 unspecified atom stereocenters. The first-order valence-corrected chi connectivity index (χ1v) is 7.86. The van der Waals surface area contributed by atoms with Crippen LogP contribution < -0.4 is 5.32 Å². The third-order valence-corrected chi connectivity index (χ3v) is 4.96. The van der Waals surface area contributed by atoms with Crippen LogP contribution >= 0.6 is 11.3 Å². The Hall–Kier alpha value is -0.380. The molecular weight excluding hydrogens is 240 g/mol. The molecule has 0 bridgehead atoms. The summed E-state index contributed by atoms with van der Waals surface area (Å²) in [7, 11) is 2.24. The van der Waals surface area contributed by atoms with Crippen LogP contribution in [0, 0.1) is 19.8 Å². The lowest BCUT2D eigenvalue weighted by Gasteiger charge is -2.30. The van der Waals surface area contributed by atoms with Gasteiger partial charge in [0.1, 0.15) is 0 Å². The number of piperidine rings is 1. The van der Waals surface area contributed by atoms with Crippen molar-refractivity contribution in [2.24, 2.45) is 5.92 Å². The number of aryl methyl sites for hydroxylation is 2. The van der Waals surface area contributed by atoms with E-state index in [9.17, 15) is 0 Å². The first kappa shape index (κ1) is 14.0. The van der Waals surface area contributed by atoms with Gasteiger partial charge in [-0.3, -0.25) is 0 Å². The van der Waals surface area contributed by atoms with Crippen molar-refractivity contribution in [2.45, 2.75) is 39.7 Å². The van der Waals surface area contributed by atoms with E-state index in [1.807, 2.05) is 11.3 Å². The lowest BCUT2D eigenvalue weighted by molar-refractivity contribution is 0.203. The summed E-state index contributed by atoms with van der Waals surface area (Å²) >= 11 is 1.91. The predicted molar refractivity (Wildman–Crippen MR) is 80.4 cm³/mol. The van der Waals surface area contributed by atoms with Gasteiger partial charge in [-0.15, -0.1) is 11.3 Å². The van der Waals surface area contributed by atoms with Gasteiger partial charge in [-0.05, 0) is 71.3 Å². The summed E-state index contributed by atoms with van der Waals surface area (Å²) in [5, 5.41) is 3.72. The highest BCUT2D eigenvalue weighted by Gasteiger charge is 2.18. The second-order valence-corrected chi connectivity index (χ2v) is 7.23. The highest BCUT2D eigenvalue weighted by atomic mass is 32.1. The van der Waals surface area contributed by atoms with E-state index in [0.29, 0.717) is 6.04 Å². The molecule has 0 amide bonds. The van der Waals surface area contributed by atoms with Crippen LogP contribution in [0.15, 0.2) is 6.07 Å². The van der Waals surface area contributed by atoms with Crippen LogP contribution in [0.4, 0.5) is 0 Å². The first-order valence-electron chi connectivity index (χ1n) is 7.05. The minimum absolute atomic E-state index is 0.488. The van der Waals surface area contributed by atoms with Gasteiger partial charge in [0, 0.05) is 22.3 Å². The molecular formula is C15H26N2S. The summed E-state index contributed by atoms with van der Waals surface area (Å²) in [6.07, 6.45) is 2.74. The smallest absolute Gasteiger partial charge is 0.0302 e. The lowest BCUT2D eigenvalue weighted by atomic mass is 9.98. The Kier molecular flexibility index (Phi) is 4.82. The van der Waals surface area contributed by atoms with Crippen LogP contribution in [0.2, 0.25) is 0 Å². The van der Waals surface area contributed by atoms with E-state index in [1.165, 1.54) is 41.2 Å². The molecule has 18 heavy (non-hydrogen) atoms. The van der Waals surface area contributed by atoms with Crippen molar-refractivity contribution in [2.75, 3.05) is 26.7 Å². The molecule has 3 heteroatoms. The molecule has 0 spiro atoms. The van der Waals surface area contributed by atoms with Gasteiger partial charge in [0.2, 0.25) is 0 Å². The molecule has 0 aliphatic carbocycles. The van der Waals surface area contributed by atoms with Crippen LogP contribution in [-0.4, -0.2) is 31.6 Å². The van der Waals surface area contributed by atoms with E-state index in [2.05, 4.69) is 44.1 Å². The zero-order valence-electron chi connectivity index (χ0n) is 12.1. The molecule has 1 fully saturated rings. The Bertz CT molecular complexity index is 386. The molecule has 2 heterocycles. The van der Waals surface area contributed by atoms with E-state index in [4.69, 9.17) is 0 Å². The third kappa shape index (κ3) is 3.56. The van der Waals surface area contributed by atoms with E-state index in [0.717, 1.165) is 12.5 Å². The van der Waals surface area contributed by atoms with Crippen molar-refractivity contribution in [3.63, 3.8) is 0 Å². The summed E-state index contributed by atoms with van der Waals surface area (Å²) in [6, 6.07) is 2.83. The Morgan fingerprint density at radius 1 is 1.50 bits per heavy atom. The second kappa shape index (κ2) is 6.18. The molecule has 2 rings (SSSR count). The summed E-state index contributed by atoms with van der Waals surface area (Å²) in [4.78, 5) is 5.35. The molecule has 1 N–H and O–H groups in total. The zero-order valence-corrected chi connectivity index (χ0v) is 12.9. The Balaban J connectivity index is 1.84. The molecule has 1 aromatic rings. The van der Waals surface area contributed by atoms with Crippen molar-refractivity contribution >= 4 is 11.3 Å². The number of thiophene rings is 1. The van der Waals surface area contributed by atoms with Crippen molar-refractivity contribution in [1.29, 1.82) is 0 Å². The van der Waals surface area contributed by atoms with Crippen LogP contribution in [-0.2, 0) is 0 Å². The summed E-state index contributed by atoms with van der Waals surface area (Å²) in [5.41, 5.74) is 1.49. The zero-order chi connectivity index (χ0) is 13.1. The Morgan fingerprint density at radius 2 is 2.28 bits per heavy atom. The first-order chi connectivity index (χ1) is 8.56. The van der Waals surface area contributed by atoms with Crippen molar-refractivity contribution in [3.05, 3.63) is 21.4 Å². The van der Waals surface area contributed by atoms with Crippen LogP contribution in [0.3, 0.4) is 0 Å². The van der Waals surface area contributed by atoms with Crippen molar-refractivity contribution < 1.29 is 0 Å². The van der Waals surface area contributed by atoms with Crippen molar-refractivity contribution in [3.8, 4) is 0 Å². The summed E-state index contributed by atoms with van der Waals surface area (Å²) < 4.78 is 0. The van der Waals surface area contributed by atoms with Crippen LogP contribution in [0.5, 0.6) is 0 Å². The average molecular weight is 266 g/mol. The van der Waals surface area contributed by atoms with Gasteiger partial charge in [-0.25, -0.2) is 0 Å². The molecule has 1 saturated heterocycles. The molecule has 0 saturated carbocycles. The van der Waals surface area contributed by atoms with Gasteiger partial charge in [0.15, 0.2) is 0 Å². The molecule has 2 atom stereocenters. The van der Waals surface area contributed by atoms with Gasteiger partial charge < -0.3 is 10.2 Å². The van der Waals surface area contributed by atoms with Gasteiger partial charge in [-0.2, -0.15) is 0 Å². The van der Waals surface area contributed by atoms with Gasteiger partial charge in [-0.1, -0.05) is 0 Å². The van der Waals surface area contributed by atoms with E-state index in [1.54, 1.807) is 0 Å². The number of hydrogen-bond acceptors (Lipinski definition) is 3. The minimum Gasteiger partial charge on any atom is -0.310 e. The molecule has 1 aliphatic rings. The fraction of sp³-hybridized carbons (Fsp3) is 0.733. The topological polar surface area (TPSA) is 15.3 Å². The van der Waals surface area contributed by atoms with E-state index >= 15 is 0 Å². The van der Waals surface area contributed by atoms with E-state index in [-0.39, 0.29) is 0 Å². The highest BCUT2D eigenvalue weighted by molar-refractivity contribution is 7.12. The number of nitrogens with one attached hydrogen (secondary N) is 1. The summed E-state index contributed by atoms with van der Waals surface area (Å²) in [5.74, 6) is 0.825. The quantitative estimate of drug-likeness (QED) is 0.899. The van der Waals surface area contributed by atoms with E-state index < -0.39 is 0 Å². The molecule has 0 radical (unpaired) electrons. The molecule has 102 valence electrons. The second-order valence-electron chi connectivity index (χ2n) is 5.77. The molecule has 1 aliphatic heterocycles. The maximum Gasteiger partial charge on any atom is 0.0302 e. The average Bonchev–Trinajstić information content (AvgIpc) is 2.66. The Labute approximate surface area is 115 Å². The SMILES string of the molecule is Cc1cc(C(C)NCC2CCCN(C)C2)c(C)s1. The molecule has 2 nitrogen and oxygen atoms in total. The maximum absolute atomic E-state index is 3.72. The van der Waals surface area contributed by atoms with Crippen LogP contribution in [0.25, 0.3) is 0 Å². The standard InChI is InChI=1S/C15H26N2S/c1-11-8-15(13(3)18-11)12(2)16-9-14-6-5-7-17(4)10-14/h8,12,14,16H,5-7,9-10H2,1-4H3. The predicted octanol–water partition coefficient (Wildman–Crippen LogP) is 3.36. The fourth-order valence-electron chi connectivity index (χ4n) is 2.97. The molecule has 1 aromatic heterocycles. The van der Waals surface area contributed by atoms with Crippen LogP contribution in [0.1, 0.15) is 41.1 Å². The monoisotopic (exact) mass is 266 g/mol. The largest absolute Gasteiger partial charge is 0.310 e. The van der Waals surface area contributed by atoms with Crippen molar-refractivity contribution in [1.82, 2.24) is 10.2 Å². The third-order valence-electron chi connectivity index (χ3n) is 3.98. The molecule has 0 aromatic carbocycles. The van der Waals surface area contributed by atoms with Gasteiger partial charge >= 0.3 is 0 Å². The minimum atomic E-state index is 0.488. The number of hydrogen-bond donors (Lipinski definition) is 1. The highest BCUT2D eigenvalue weighted by Crippen LogP contribution is 2.26. The number of likely N-dealkylation sites (tertiary alicyclic amines) is 1. The number of rotatable bonds is 4. The lowest BCUT2D eigenvalue weighted by Crippen LogP contribution is -2.38. The summed E-state index contributed by atoms with van der Waals surface area (Å²) in [6.45, 7) is 10.4. The van der Waals surface area contributed by atoms with Gasteiger partial charge in [0.05, 0.1) is 0 Å².